The second kappa shape index (κ2) is 7.15. The quantitative estimate of drug-likeness (QED) is 0.835. The van der Waals surface area contributed by atoms with Crippen molar-refractivity contribution >= 4 is 10.2 Å². The number of halogens is 1. The summed E-state index contributed by atoms with van der Waals surface area (Å²) in [6.45, 7) is 0.872. The van der Waals surface area contributed by atoms with Crippen LogP contribution in [0.4, 0.5) is 4.39 Å². The number of rotatable bonds is 4. The molecule has 1 aliphatic rings. The molecular formula is C17H21FN4O2S. The second-order valence-corrected chi connectivity index (χ2v) is 8.43. The van der Waals surface area contributed by atoms with Gasteiger partial charge in [-0.2, -0.15) is 17.0 Å². The van der Waals surface area contributed by atoms with Gasteiger partial charge >= 0.3 is 0 Å². The highest BCUT2D eigenvalue weighted by molar-refractivity contribution is 7.86. The van der Waals surface area contributed by atoms with E-state index < -0.39 is 10.2 Å². The molecule has 0 saturated carbocycles. The number of aromatic nitrogens is 2. The first-order valence-corrected chi connectivity index (χ1v) is 9.53. The molecule has 0 amide bonds. The SMILES string of the molecule is CN(C)S(=O)(=O)N1CCC[C@H](c2nccnc2-c2ccc(F)cc2)C1. The van der Waals surface area contributed by atoms with E-state index in [2.05, 4.69) is 9.97 Å². The van der Waals surface area contributed by atoms with Crippen molar-refractivity contribution in [2.75, 3.05) is 27.2 Å². The van der Waals surface area contributed by atoms with E-state index in [0.29, 0.717) is 18.8 Å². The standard InChI is InChI=1S/C17H21FN4O2S/c1-21(2)25(23,24)22-11-3-4-14(12-22)17-16(19-9-10-20-17)13-5-7-15(18)8-6-13/h5-10,14H,3-4,11-12H2,1-2H3/t14-/m0/s1. The maximum Gasteiger partial charge on any atom is 0.281 e. The number of hydrogen-bond acceptors (Lipinski definition) is 4. The van der Waals surface area contributed by atoms with Gasteiger partial charge in [0.25, 0.3) is 10.2 Å². The predicted molar refractivity (Wildman–Crippen MR) is 93.6 cm³/mol. The molecule has 134 valence electrons. The van der Waals surface area contributed by atoms with Gasteiger partial charge in [0.15, 0.2) is 0 Å². The van der Waals surface area contributed by atoms with Crippen molar-refractivity contribution in [2.45, 2.75) is 18.8 Å². The Bertz CT molecular complexity index is 840. The minimum Gasteiger partial charge on any atom is -0.257 e. The Morgan fingerprint density at radius 1 is 1.16 bits per heavy atom. The van der Waals surface area contributed by atoms with Crippen LogP contribution in [0.25, 0.3) is 11.3 Å². The van der Waals surface area contributed by atoms with Crippen LogP contribution in [0.1, 0.15) is 24.5 Å². The third-order valence-electron chi connectivity index (χ3n) is 4.40. The Morgan fingerprint density at radius 2 is 1.84 bits per heavy atom. The summed E-state index contributed by atoms with van der Waals surface area (Å²) in [4.78, 5) is 8.88. The minimum atomic E-state index is -3.46. The van der Waals surface area contributed by atoms with Crippen molar-refractivity contribution in [3.63, 3.8) is 0 Å². The monoisotopic (exact) mass is 364 g/mol. The molecule has 0 aliphatic carbocycles. The first-order chi connectivity index (χ1) is 11.9. The zero-order valence-corrected chi connectivity index (χ0v) is 15.1. The molecule has 1 aliphatic heterocycles. The normalized spacial score (nSPS) is 19.3. The average Bonchev–Trinajstić information content (AvgIpc) is 2.62. The summed E-state index contributed by atoms with van der Waals surface area (Å²) >= 11 is 0. The van der Waals surface area contributed by atoms with Gasteiger partial charge in [-0.25, -0.2) is 4.39 Å². The number of hydrogen-bond donors (Lipinski definition) is 0. The van der Waals surface area contributed by atoms with E-state index in [1.807, 2.05) is 0 Å². The lowest BCUT2D eigenvalue weighted by Crippen LogP contribution is -2.45. The number of nitrogens with zero attached hydrogens (tertiary/aromatic N) is 4. The third-order valence-corrected chi connectivity index (χ3v) is 6.31. The van der Waals surface area contributed by atoms with E-state index in [0.717, 1.165) is 24.1 Å². The van der Waals surface area contributed by atoms with Crippen molar-refractivity contribution in [2.24, 2.45) is 0 Å². The van der Waals surface area contributed by atoms with E-state index in [9.17, 15) is 12.8 Å². The lowest BCUT2D eigenvalue weighted by atomic mass is 9.92. The largest absolute Gasteiger partial charge is 0.281 e. The summed E-state index contributed by atoms with van der Waals surface area (Å²) in [5.41, 5.74) is 2.21. The second-order valence-electron chi connectivity index (χ2n) is 6.28. The van der Waals surface area contributed by atoms with Gasteiger partial charge in [-0.1, -0.05) is 0 Å². The Morgan fingerprint density at radius 3 is 2.52 bits per heavy atom. The van der Waals surface area contributed by atoms with Crippen LogP contribution < -0.4 is 0 Å². The molecule has 1 saturated heterocycles. The predicted octanol–water partition coefficient (Wildman–Crippen LogP) is 2.27. The topological polar surface area (TPSA) is 66.4 Å². The highest BCUT2D eigenvalue weighted by Crippen LogP contribution is 2.32. The van der Waals surface area contributed by atoms with Crippen molar-refractivity contribution in [3.05, 3.63) is 48.2 Å². The fourth-order valence-corrected chi connectivity index (χ4v) is 4.27. The molecule has 2 heterocycles. The van der Waals surface area contributed by atoms with Crippen LogP contribution in [0, 0.1) is 5.82 Å². The smallest absolute Gasteiger partial charge is 0.257 e. The van der Waals surface area contributed by atoms with Crippen LogP contribution in [0.5, 0.6) is 0 Å². The zero-order chi connectivity index (χ0) is 18.0. The summed E-state index contributed by atoms with van der Waals surface area (Å²) in [5.74, 6) is -0.354. The van der Waals surface area contributed by atoms with Crippen molar-refractivity contribution in [1.82, 2.24) is 18.6 Å². The Hall–Kier alpha value is -1.90. The van der Waals surface area contributed by atoms with Crippen LogP contribution in [0.3, 0.4) is 0 Å². The van der Waals surface area contributed by atoms with Crippen LogP contribution in [-0.2, 0) is 10.2 Å². The molecule has 1 atom stereocenters. The minimum absolute atomic E-state index is 0.0442. The first kappa shape index (κ1) is 17.9. The van der Waals surface area contributed by atoms with Gasteiger partial charge in [0.2, 0.25) is 0 Å². The van der Waals surface area contributed by atoms with Crippen LogP contribution in [0.2, 0.25) is 0 Å². The summed E-state index contributed by atoms with van der Waals surface area (Å²) < 4.78 is 40.8. The van der Waals surface area contributed by atoms with Crippen molar-refractivity contribution in [1.29, 1.82) is 0 Å². The Kier molecular flexibility index (Phi) is 5.12. The molecule has 1 aromatic carbocycles. The van der Waals surface area contributed by atoms with Crippen LogP contribution >= 0.6 is 0 Å². The highest BCUT2D eigenvalue weighted by Gasteiger charge is 2.32. The molecule has 1 fully saturated rings. The molecule has 0 spiro atoms. The maximum atomic E-state index is 13.2. The van der Waals surface area contributed by atoms with Gasteiger partial charge in [-0.3, -0.25) is 9.97 Å². The fraction of sp³-hybridized carbons (Fsp3) is 0.412. The zero-order valence-electron chi connectivity index (χ0n) is 14.3. The number of benzene rings is 1. The van der Waals surface area contributed by atoms with Gasteiger partial charge < -0.3 is 0 Å². The molecule has 0 unspecified atom stereocenters. The number of piperidine rings is 1. The van der Waals surface area contributed by atoms with Crippen molar-refractivity contribution in [3.8, 4) is 11.3 Å². The molecular weight excluding hydrogens is 343 g/mol. The molecule has 25 heavy (non-hydrogen) atoms. The molecule has 6 nitrogen and oxygen atoms in total. The summed E-state index contributed by atoms with van der Waals surface area (Å²) in [6, 6.07) is 6.11. The van der Waals surface area contributed by atoms with E-state index >= 15 is 0 Å². The van der Waals surface area contributed by atoms with Gasteiger partial charge in [0, 0.05) is 51.1 Å². The van der Waals surface area contributed by atoms with E-state index in [-0.39, 0.29) is 11.7 Å². The highest BCUT2D eigenvalue weighted by atomic mass is 32.2. The van der Waals surface area contributed by atoms with Gasteiger partial charge in [-0.05, 0) is 37.1 Å². The Labute approximate surface area is 147 Å². The molecule has 0 bridgehead atoms. The molecule has 2 aromatic rings. The summed E-state index contributed by atoms with van der Waals surface area (Å²) in [5, 5.41) is 0. The summed E-state index contributed by atoms with van der Waals surface area (Å²) in [7, 11) is -0.389. The fourth-order valence-electron chi connectivity index (χ4n) is 3.08. The van der Waals surface area contributed by atoms with Crippen LogP contribution in [-0.4, -0.2) is 54.2 Å². The molecule has 0 radical (unpaired) electrons. The van der Waals surface area contributed by atoms with Crippen molar-refractivity contribution < 1.29 is 12.8 Å². The molecule has 1 aromatic heterocycles. The third kappa shape index (κ3) is 3.70. The maximum absolute atomic E-state index is 13.2. The van der Waals surface area contributed by atoms with E-state index in [1.165, 1.54) is 34.8 Å². The molecule has 3 rings (SSSR count). The Balaban J connectivity index is 1.93. The van der Waals surface area contributed by atoms with Gasteiger partial charge in [-0.15, -0.1) is 0 Å². The van der Waals surface area contributed by atoms with E-state index in [1.54, 1.807) is 24.5 Å². The van der Waals surface area contributed by atoms with Gasteiger partial charge in [0.1, 0.15) is 5.82 Å². The molecule has 8 heteroatoms. The lowest BCUT2D eigenvalue weighted by molar-refractivity contribution is 0.296. The van der Waals surface area contributed by atoms with Gasteiger partial charge in [0.05, 0.1) is 11.4 Å². The lowest BCUT2D eigenvalue weighted by Gasteiger charge is -2.33. The summed E-state index contributed by atoms with van der Waals surface area (Å²) in [6.07, 6.45) is 4.81. The molecule has 0 N–H and O–H groups in total. The van der Waals surface area contributed by atoms with Crippen LogP contribution in [0.15, 0.2) is 36.7 Å². The van der Waals surface area contributed by atoms with E-state index in [4.69, 9.17) is 0 Å². The first-order valence-electron chi connectivity index (χ1n) is 8.14. The average molecular weight is 364 g/mol.